The molecule has 1 aromatic carbocycles. The molecule has 0 aliphatic rings. The maximum atomic E-state index is 12.2. The van der Waals surface area contributed by atoms with Crippen LogP contribution in [-0.4, -0.2) is 22.8 Å². The molecular weight excluding hydrogens is 314 g/mol. The Labute approximate surface area is 140 Å². The van der Waals surface area contributed by atoms with Crippen molar-refractivity contribution in [3.05, 3.63) is 45.7 Å². The Morgan fingerprint density at radius 1 is 1.35 bits per heavy atom. The summed E-state index contributed by atoms with van der Waals surface area (Å²) in [6.07, 6.45) is 3.25. The van der Waals surface area contributed by atoms with E-state index < -0.39 is 0 Å². The summed E-state index contributed by atoms with van der Waals surface area (Å²) in [6, 6.07) is 3.47. The lowest BCUT2D eigenvalue weighted by atomic mass is 10.1. The number of amides is 1. The van der Waals surface area contributed by atoms with Crippen molar-refractivity contribution in [2.24, 2.45) is 7.05 Å². The summed E-state index contributed by atoms with van der Waals surface area (Å²) in [5.41, 5.74) is 4.29. The Morgan fingerprint density at radius 2 is 2.04 bits per heavy atom. The Hall–Kier alpha value is -2.27. The zero-order chi connectivity index (χ0) is 17.1. The molecule has 0 bridgehead atoms. The monoisotopic (exact) mass is 333 g/mol. The highest BCUT2D eigenvalue weighted by Crippen LogP contribution is 2.30. The molecule has 5 nitrogen and oxygen atoms in total. The van der Waals surface area contributed by atoms with Gasteiger partial charge in [-0.25, -0.2) is 0 Å². The Bertz CT molecular complexity index is 779. The van der Waals surface area contributed by atoms with Gasteiger partial charge in [-0.3, -0.25) is 9.48 Å². The van der Waals surface area contributed by atoms with Crippen LogP contribution in [0.5, 0.6) is 5.75 Å². The highest BCUT2D eigenvalue weighted by atomic mass is 35.5. The molecule has 0 unspecified atom stereocenters. The highest BCUT2D eigenvalue weighted by Gasteiger charge is 2.10. The van der Waals surface area contributed by atoms with Gasteiger partial charge in [0.1, 0.15) is 5.75 Å². The van der Waals surface area contributed by atoms with Gasteiger partial charge < -0.3 is 10.1 Å². The minimum Gasteiger partial charge on any atom is -0.495 e. The number of nitrogens with zero attached hydrogens (tertiary/aromatic N) is 2. The second kappa shape index (κ2) is 6.87. The first-order chi connectivity index (χ1) is 10.8. The van der Waals surface area contributed by atoms with Crippen LogP contribution < -0.4 is 10.1 Å². The maximum Gasteiger partial charge on any atom is 0.248 e. The Morgan fingerprint density at radius 3 is 2.61 bits per heavy atom. The second-order valence-corrected chi connectivity index (χ2v) is 5.74. The van der Waals surface area contributed by atoms with Crippen molar-refractivity contribution < 1.29 is 9.53 Å². The van der Waals surface area contributed by atoms with Gasteiger partial charge in [-0.2, -0.15) is 5.10 Å². The van der Waals surface area contributed by atoms with Gasteiger partial charge in [-0.05, 0) is 38.5 Å². The summed E-state index contributed by atoms with van der Waals surface area (Å²) in [7, 11) is 3.41. The molecule has 1 aromatic heterocycles. The zero-order valence-corrected chi connectivity index (χ0v) is 14.7. The number of rotatable bonds is 4. The van der Waals surface area contributed by atoms with Gasteiger partial charge >= 0.3 is 0 Å². The quantitative estimate of drug-likeness (QED) is 0.869. The molecular formula is C17H20ClN3O2. The third-order valence-corrected chi connectivity index (χ3v) is 4.11. The van der Waals surface area contributed by atoms with E-state index in [9.17, 15) is 4.79 Å². The van der Waals surface area contributed by atoms with Crippen molar-refractivity contribution in [1.82, 2.24) is 9.78 Å². The van der Waals surface area contributed by atoms with Crippen LogP contribution in [0.15, 0.2) is 18.2 Å². The minimum absolute atomic E-state index is 0.243. The normalized spacial score (nSPS) is 11.0. The van der Waals surface area contributed by atoms with E-state index in [1.54, 1.807) is 22.9 Å². The molecule has 6 heteroatoms. The number of ether oxygens (including phenoxy) is 1. The van der Waals surface area contributed by atoms with Crippen LogP contribution in [0.1, 0.15) is 22.5 Å². The fourth-order valence-electron chi connectivity index (χ4n) is 2.29. The molecule has 2 aromatic rings. The summed E-state index contributed by atoms with van der Waals surface area (Å²) in [6.45, 7) is 5.74. The molecule has 0 radical (unpaired) electrons. The topological polar surface area (TPSA) is 56.1 Å². The maximum absolute atomic E-state index is 12.2. The van der Waals surface area contributed by atoms with Crippen molar-refractivity contribution in [2.45, 2.75) is 20.8 Å². The number of benzene rings is 1. The molecule has 23 heavy (non-hydrogen) atoms. The second-order valence-electron chi connectivity index (χ2n) is 5.33. The van der Waals surface area contributed by atoms with Gasteiger partial charge in [0.2, 0.25) is 5.91 Å². The molecule has 0 saturated heterocycles. The number of carbonyl (C=O) groups excluding carboxylic acids is 1. The number of aromatic nitrogens is 2. The summed E-state index contributed by atoms with van der Waals surface area (Å²) in [4.78, 5) is 12.2. The molecule has 1 amide bonds. The number of methoxy groups -OCH3 is 1. The summed E-state index contributed by atoms with van der Waals surface area (Å²) >= 11 is 6.06. The average molecular weight is 334 g/mol. The van der Waals surface area contributed by atoms with Crippen molar-refractivity contribution in [2.75, 3.05) is 12.4 Å². The lowest BCUT2D eigenvalue weighted by molar-refractivity contribution is -0.111. The third kappa shape index (κ3) is 3.74. The van der Waals surface area contributed by atoms with E-state index in [0.29, 0.717) is 16.5 Å². The molecule has 0 atom stereocenters. The van der Waals surface area contributed by atoms with Crippen molar-refractivity contribution in [1.29, 1.82) is 0 Å². The SMILES string of the molecule is COc1cc(Cl)c(C)cc1NC(=O)/C=C/c1c(C)nn(C)c1C. The number of hydrogen-bond acceptors (Lipinski definition) is 3. The van der Waals surface area contributed by atoms with Crippen molar-refractivity contribution in [3.63, 3.8) is 0 Å². The van der Waals surface area contributed by atoms with E-state index in [0.717, 1.165) is 22.5 Å². The minimum atomic E-state index is -0.243. The number of anilines is 1. The predicted molar refractivity (Wildman–Crippen MR) is 93.1 cm³/mol. The smallest absolute Gasteiger partial charge is 0.248 e. The summed E-state index contributed by atoms with van der Waals surface area (Å²) < 4.78 is 7.04. The summed E-state index contributed by atoms with van der Waals surface area (Å²) in [5.74, 6) is 0.281. The fourth-order valence-corrected chi connectivity index (χ4v) is 2.45. The molecule has 0 aliphatic carbocycles. The molecule has 0 saturated carbocycles. The molecule has 0 aliphatic heterocycles. The van der Waals surface area contributed by atoms with Gasteiger partial charge in [0, 0.05) is 35.5 Å². The third-order valence-electron chi connectivity index (χ3n) is 3.70. The highest BCUT2D eigenvalue weighted by molar-refractivity contribution is 6.31. The van der Waals surface area contributed by atoms with E-state index >= 15 is 0 Å². The number of carbonyl (C=O) groups is 1. The number of halogens is 1. The van der Waals surface area contributed by atoms with E-state index in [2.05, 4.69) is 10.4 Å². The van der Waals surface area contributed by atoms with E-state index in [4.69, 9.17) is 16.3 Å². The number of aryl methyl sites for hydroxylation is 3. The van der Waals surface area contributed by atoms with Crippen LogP contribution in [0.25, 0.3) is 6.08 Å². The number of hydrogen-bond donors (Lipinski definition) is 1. The van der Waals surface area contributed by atoms with Crippen LogP contribution in [0, 0.1) is 20.8 Å². The molecule has 0 fully saturated rings. The van der Waals surface area contributed by atoms with E-state index in [-0.39, 0.29) is 5.91 Å². The molecule has 0 spiro atoms. The molecule has 122 valence electrons. The first-order valence-electron chi connectivity index (χ1n) is 7.17. The summed E-state index contributed by atoms with van der Waals surface area (Å²) in [5, 5.41) is 7.72. The van der Waals surface area contributed by atoms with E-state index in [1.807, 2.05) is 27.8 Å². The Balaban J connectivity index is 2.20. The van der Waals surface area contributed by atoms with Crippen LogP contribution in [0.2, 0.25) is 5.02 Å². The molecule has 1 heterocycles. The first-order valence-corrected chi connectivity index (χ1v) is 7.54. The average Bonchev–Trinajstić information content (AvgIpc) is 2.73. The fraction of sp³-hybridized carbons (Fsp3) is 0.294. The van der Waals surface area contributed by atoms with Gasteiger partial charge in [0.05, 0.1) is 18.5 Å². The van der Waals surface area contributed by atoms with Crippen LogP contribution in [0.3, 0.4) is 0 Å². The van der Waals surface area contributed by atoms with E-state index in [1.165, 1.54) is 13.2 Å². The van der Waals surface area contributed by atoms with Gasteiger partial charge in [0.25, 0.3) is 0 Å². The Kier molecular flexibility index (Phi) is 5.11. The zero-order valence-electron chi connectivity index (χ0n) is 13.9. The van der Waals surface area contributed by atoms with Crippen molar-refractivity contribution in [3.8, 4) is 5.75 Å². The van der Waals surface area contributed by atoms with Crippen LogP contribution in [0.4, 0.5) is 5.69 Å². The van der Waals surface area contributed by atoms with Gasteiger partial charge in [-0.1, -0.05) is 11.6 Å². The molecule has 2 rings (SSSR count). The lowest BCUT2D eigenvalue weighted by Gasteiger charge is -2.11. The largest absolute Gasteiger partial charge is 0.495 e. The van der Waals surface area contributed by atoms with Crippen LogP contribution >= 0.6 is 11.6 Å². The number of nitrogens with one attached hydrogen (secondary N) is 1. The van der Waals surface area contributed by atoms with Gasteiger partial charge in [0.15, 0.2) is 0 Å². The first kappa shape index (κ1) is 17.1. The lowest BCUT2D eigenvalue weighted by Crippen LogP contribution is -2.09. The van der Waals surface area contributed by atoms with Gasteiger partial charge in [-0.15, -0.1) is 0 Å². The molecule has 1 N–H and O–H groups in total. The standard InChI is InChI=1S/C17H20ClN3O2/c1-10-8-15(16(23-5)9-14(10)18)19-17(22)7-6-13-11(2)20-21(4)12(13)3/h6-9H,1-5H3,(H,19,22)/b7-6+. The predicted octanol–water partition coefficient (Wildman–Crippen LogP) is 3.66. The van der Waals surface area contributed by atoms with Crippen molar-refractivity contribution >= 4 is 29.3 Å². The van der Waals surface area contributed by atoms with Crippen LogP contribution in [-0.2, 0) is 11.8 Å².